The number of carbonyl (C=O) groups excluding carboxylic acids is 2. The van der Waals surface area contributed by atoms with Crippen LogP contribution in [0.1, 0.15) is 51.9 Å². The molecule has 144 valence electrons. The number of methoxy groups -OCH3 is 2. The number of hydrogen-bond donors (Lipinski definition) is 0. The molecule has 1 aromatic rings. The second-order valence-corrected chi connectivity index (χ2v) is 8.61. The van der Waals surface area contributed by atoms with Crippen molar-refractivity contribution in [1.82, 2.24) is 0 Å². The number of allylic oxidation sites excluding steroid dienone is 1. The number of ether oxygens (including phenoxy) is 2. The molecule has 0 spiro atoms. The first-order valence-electron chi connectivity index (χ1n) is 9.21. The summed E-state index contributed by atoms with van der Waals surface area (Å²) in [5, 5.41) is 0. The van der Waals surface area contributed by atoms with E-state index in [2.05, 4.69) is 19.1 Å². The monoisotopic (exact) mass is 426 g/mol. The average Bonchev–Trinajstić information content (AvgIpc) is 2.68. The Balaban J connectivity index is 2.82. The molecule has 4 nitrogen and oxygen atoms in total. The van der Waals surface area contributed by atoms with E-state index in [-0.39, 0.29) is 15.0 Å². The summed E-state index contributed by atoms with van der Waals surface area (Å²) in [6.45, 7) is 2.21. The van der Waals surface area contributed by atoms with Gasteiger partial charge in [-0.05, 0) is 0 Å². The van der Waals surface area contributed by atoms with Gasteiger partial charge in [0.05, 0.1) is 0 Å². The predicted molar refractivity (Wildman–Crippen MR) is 105 cm³/mol. The van der Waals surface area contributed by atoms with Gasteiger partial charge in [-0.25, -0.2) is 0 Å². The number of carbonyl (C=O) groups is 2. The third-order valence-electron chi connectivity index (χ3n) is 4.03. The van der Waals surface area contributed by atoms with Gasteiger partial charge >= 0.3 is 163 Å². The maximum absolute atomic E-state index is 12.0. The molecule has 0 atom stereocenters. The summed E-state index contributed by atoms with van der Waals surface area (Å²) in [5.41, 5.74) is 0. The molecular weight excluding hydrogens is 395 g/mol. The molecule has 0 saturated heterocycles. The van der Waals surface area contributed by atoms with Crippen molar-refractivity contribution in [3.63, 3.8) is 0 Å². The fraction of sp³-hybridized carbons (Fsp3) is 0.524. The topological polar surface area (TPSA) is 52.6 Å². The van der Waals surface area contributed by atoms with Gasteiger partial charge in [0.1, 0.15) is 0 Å². The van der Waals surface area contributed by atoms with Crippen molar-refractivity contribution in [2.45, 2.75) is 51.9 Å². The molecule has 1 aromatic carbocycles. The van der Waals surface area contributed by atoms with E-state index in [0.717, 1.165) is 17.3 Å². The van der Waals surface area contributed by atoms with E-state index in [1.165, 1.54) is 50.8 Å². The van der Waals surface area contributed by atoms with Gasteiger partial charge in [-0.15, -0.1) is 0 Å². The molecule has 1 rings (SSSR count). The molecule has 0 bridgehead atoms. The summed E-state index contributed by atoms with van der Waals surface area (Å²) in [6, 6.07) is 10.2. The minimum atomic E-state index is -0.981. The van der Waals surface area contributed by atoms with Crippen molar-refractivity contribution in [1.29, 1.82) is 0 Å². The van der Waals surface area contributed by atoms with Crippen LogP contribution in [0.5, 0.6) is 0 Å². The molecule has 0 fully saturated rings. The average molecular weight is 425 g/mol. The zero-order chi connectivity index (χ0) is 19.2. The van der Waals surface area contributed by atoms with Crippen LogP contribution in [-0.4, -0.2) is 41.1 Å². The van der Waals surface area contributed by atoms with E-state index in [1.54, 1.807) is 6.08 Å². The summed E-state index contributed by atoms with van der Waals surface area (Å²) >= 11 is 0.0744. The number of hydrogen-bond acceptors (Lipinski definition) is 4. The first-order chi connectivity index (χ1) is 12.6. The van der Waals surface area contributed by atoms with Gasteiger partial charge in [0, 0.05) is 0 Å². The number of rotatable bonds is 12. The molecule has 0 radical (unpaired) electrons. The Morgan fingerprint density at radius 3 is 2.12 bits per heavy atom. The summed E-state index contributed by atoms with van der Waals surface area (Å²) in [6.07, 6.45) is 9.92. The van der Waals surface area contributed by atoms with E-state index in [0.29, 0.717) is 0 Å². The van der Waals surface area contributed by atoms with Crippen molar-refractivity contribution >= 4 is 31.4 Å². The van der Waals surface area contributed by atoms with E-state index >= 15 is 0 Å². The van der Waals surface area contributed by atoms with E-state index in [4.69, 9.17) is 9.47 Å². The molecule has 0 amide bonds. The van der Waals surface area contributed by atoms with Crippen LogP contribution in [0.4, 0.5) is 0 Å². The van der Waals surface area contributed by atoms with Crippen molar-refractivity contribution in [2.75, 3.05) is 14.2 Å². The van der Waals surface area contributed by atoms with Crippen LogP contribution in [0, 0.1) is 5.92 Å². The number of esters is 2. The van der Waals surface area contributed by atoms with Crippen LogP contribution >= 0.6 is 0 Å². The number of benzene rings is 1. The third-order valence-corrected chi connectivity index (χ3v) is 6.36. The quantitative estimate of drug-likeness (QED) is 0.222. The van der Waals surface area contributed by atoms with E-state index < -0.39 is 17.9 Å². The minimum absolute atomic E-state index is 0.0744. The summed E-state index contributed by atoms with van der Waals surface area (Å²) < 4.78 is 11.9. The van der Waals surface area contributed by atoms with Crippen molar-refractivity contribution in [3.8, 4) is 0 Å². The molecule has 0 N–H and O–H groups in total. The van der Waals surface area contributed by atoms with Crippen molar-refractivity contribution < 1.29 is 19.1 Å². The first-order valence-corrected chi connectivity index (χ1v) is 10.9. The van der Waals surface area contributed by atoms with E-state index in [9.17, 15) is 9.59 Å². The van der Waals surface area contributed by atoms with Gasteiger partial charge in [-0.1, -0.05) is 0 Å². The Kier molecular flexibility index (Phi) is 11.7. The molecule has 0 aliphatic rings. The molecule has 0 aromatic heterocycles. The second-order valence-electron chi connectivity index (χ2n) is 6.09. The van der Waals surface area contributed by atoms with Crippen LogP contribution in [0.2, 0.25) is 0 Å². The Morgan fingerprint density at radius 1 is 0.962 bits per heavy atom. The molecule has 5 heteroatoms. The Hall–Kier alpha value is -1.58. The zero-order valence-corrected chi connectivity index (χ0v) is 17.7. The van der Waals surface area contributed by atoms with Crippen LogP contribution in [0.15, 0.2) is 40.9 Å². The summed E-state index contributed by atoms with van der Waals surface area (Å²) in [4.78, 5) is 24.0. The molecular formula is C21H30O4Se. The standard InChI is InChI=1S/C21H30O4Se/c1-4-5-6-7-8-10-15-18(26-17-13-11-9-12-14-17)16-19(20(22)24-2)21(23)25-3/h9,11-14,16,19H,4-8,10,15H2,1-3H3/b18-16-. The summed E-state index contributed by atoms with van der Waals surface area (Å²) in [7, 11) is 2.59. The number of unbranched alkanes of at least 4 members (excludes halogenated alkanes) is 5. The Labute approximate surface area is 163 Å². The summed E-state index contributed by atoms with van der Waals surface area (Å²) in [5.74, 6) is -2.12. The van der Waals surface area contributed by atoms with Gasteiger partial charge < -0.3 is 0 Å². The zero-order valence-electron chi connectivity index (χ0n) is 16.0. The molecule has 0 aliphatic heterocycles. The normalized spacial score (nSPS) is 11.5. The maximum atomic E-state index is 12.0. The molecule has 0 aliphatic carbocycles. The van der Waals surface area contributed by atoms with Gasteiger partial charge in [0.2, 0.25) is 0 Å². The van der Waals surface area contributed by atoms with Crippen LogP contribution in [0.25, 0.3) is 0 Å². The third kappa shape index (κ3) is 8.68. The van der Waals surface area contributed by atoms with Crippen molar-refractivity contribution in [2.24, 2.45) is 5.92 Å². The molecule has 26 heavy (non-hydrogen) atoms. The van der Waals surface area contributed by atoms with Crippen LogP contribution < -0.4 is 4.46 Å². The molecule has 0 unspecified atom stereocenters. The van der Waals surface area contributed by atoms with Crippen LogP contribution in [-0.2, 0) is 19.1 Å². The van der Waals surface area contributed by atoms with Gasteiger partial charge in [0.15, 0.2) is 0 Å². The fourth-order valence-corrected chi connectivity index (χ4v) is 4.76. The first kappa shape index (κ1) is 22.5. The van der Waals surface area contributed by atoms with E-state index in [1.807, 2.05) is 18.2 Å². The molecule has 0 saturated carbocycles. The van der Waals surface area contributed by atoms with Gasteiger partial charge in [0.25, 0.3) is 0 Å². The Morgan fingerprint density at radius 2 is 1.54 bits per heavy atom. The SMILES string of the molecule is CCCCCCCC/C(=C/C(C(=O)OC)C(=O)OC)[Se]c1ccccc1. The second kappa shape index (κ2) is 13.6. The van der Waals surface area contributed by atoms with Gasteiger partial charge in [-0.3, -0.25) is 0 Å². The fourth-order valence-electron chi connectivity index (χ4n) is 2.56. The van der Waals surface area contributed by atoms with Gasteiger partial charge in [-0.2, -0.15) is 0 Å². The Bertz CT molecular complexity index is 553. The van der Waals surface area contributed by atoms with Crippen molar-refractivity contribution in [3.05, 3.63) is 40.9 Å². The molecule has 0 heterocycles. The predicted octanol–water partition coefficient (Wildman–Crippen LogP) is 3.61. The van der Waals surface area contributed by atoms with Crippen LogP contribution in [0.3, 0.4) is 0 Å².